The van der Waals surface area contributed by atoms with Gasteiger partial charge in [0.2, 0.25) is 23.6 Å². The number of hydrogen-bond donors (Lipinski definition) is 1. The molecule has 8 heteroatoms. The average Bonchev–Trinajstić information content (AvgIpc) is 3.46. The summed E-state index contributed by atoms with van der Waals surface area (Å²) >= 11 is 0. The molecule has 1 aliphatic heterocycles. The second-order valence-corrected chi connectivity index (χ2v) is 8.12. The molecular weight excluding hydrogens is 380 g/mol. The summed E-state index contributed by atoms with van der Waals surface area (Å²) in [4.78, 5) is 23.6. The van der Waals surface area contributed by atoms with Gasteiger partial charge in [-0.1, -0.05) is 37.2 Å². The van der Waals surface area contributed by atoms with Crippen LogP contribution in [0.5, 0.6) is 0 Å². The maximum absolute atomic E-state index is 11.7. The van der Waals surface area contributed by atoms with E-state index in [9.17, 15) is 4.79 Å². The Kier molecular flexibility index (Phi) is 4.42. The molecule has 0 radical (unpaired) electrons. The number of pyridine rings is 1. The van der Waals surface area contributed by atoms with E-state index in [0.29, 0.717) is 17.4 Å². The molecule has 4 aromatic rings. The first-order valence-electron chi connectivity index (χ1n) is 10.3. The van der Waals surface area contributed by atoms with Crippen LogP contribution in [0.1, 0.15) is 44.1 Å². The third-order valence-electron chi connectivity index (χ3n) is 5.60. The number of carbonyl (C=O) groups is 1. The predicted molar refractivity (Wildman–Crippen MR) is 114 cm³/mol. The Hall–Kier alpha value is -3.42. The van der Waals surface area contributed by atoms with Crippen molar-refractivity contribution >= 4 is 28.3 Å². The molecule has 0 saturated carbocycles. The summed E-state index contributed by atoms with van der Waals surface area (Å²) in [5.41, 5.74) is 8.90. The van der Waals surface area contributed by atoms with Gasteiger partial charge in [0.05, 0.1) is 17.5 Å². The summed E-state index contributed by atoms with van der Waals surface area (Å²) < 4.78 is 7.59. The molecule has 0 atom stereocenters. The summed E-state index contributed by atoms with van der Waals surface area (Å²) in [6.07, 6.45) is 2.44. The molecule has 1 aromatic carbocycles. The Bertz CT molecular complexity index is 1250. The molecule has 0 bridgehead atoms. The van der Waals surface area contributed by atoms with Gasteiger partial charge in [-0.25, -0.2) is 4.98 Å². The maximum Gasteiger partial charge on any atom is 0.229 e. The van der Waals surface area contributed by atoms with Gasteiger partial charge >= 0.3 is 0 Å². The highest BCUT2D eigenvalue weighted by Gasteiger charge is 2.25. The van der Waals surface area contributed by atoms with E-state index < -0.39 is 0 Å². The Morgan fingerprint density at radius 2 is 1.93 bits per heavy atom. The van der Waals surface area contributed by atoms with Crippen molar-refractivity contribution in [2.45, 2.75) is 39.0 Å². The van der Waals surface area contributed by atoms with Crippen molar-refractivity contribution < 1.29 is 9.32 Å². The van der Waals surface area contributed by atoms with E-state index in [-0.39, 0.29) is 18.2 Å². The van der Waals surface area contributed by atoms with Gasteiger partial charge in [0.25, 0.3) is 0 Å². The first-order chi connectivity index (χ1) is 14.5. The predicted octanol–water partition coefficient (Wildman–Crippen LogP) is 3.29. The highest BCUT2D eigenvalue weighted by molar-refractivity contribution is 5.94. The summed E-state index contributed by atoms with van der Waals surface area (Å²) in [5, 5.41) is 5.19. The molecule has 3 aromatic heterocycles. The van der Waals surface area contributed by atoms with Crippen molar-refractivity contribution in [2.75, 3.05) is 18.0 Å². The molecule has 0 spiro atoms. The lowest BCUT2D eigenvalue weighted by Gasteiger charge is -2.17. The maximum atomic E-state index is 11.7. The largest absolute Gasteiger partial charge is 0.369 e. The van der Waals surface area contributed by atoms with Crippen molar-refractivity contribution in [3.05, 3.63) is 41.8 Å². The lowest BCUT2D eigenvalue weighted by Crippen LogP contribution is -2.20. The highest BCUT2D eigenvalue weighted by atomic mass is 16.5. The summed E-state index contributed by atoms with van der Waals surface area (Å²) in [6, 6.07) is 10.0. The number of imidazole rings is 1. The van der Waals surface area contributed by atoms with Gasteiger partial charge in [-0.3, -0.25) is 9.20 Å². The molecule has 30 heavy (non-hydrogen) atoms. The number of nitrogens with two attached hydrogens (primary N) is 1. The fourth-order valence-electron chi connectivity index (χ4n) is 4.17. The van der Waals surface area contributed by atoms with Crippen LogP contribution in [0.2, 0.25) is 0 Å². The van der Waals surface area contributed by atoms with Crippen LogP contribution in [0, 0.1) is 0 Å². The van der Waals surface area contributed by atoms with Crippen LogP contribution in [0.3, 0.4) is 0 Å². The van der Waals surface area contributed by atoms with Crippen molar-refractivity contribution in [1.82, 2.24) is 19.5 Å². The van der Waals surface area contributed by atoms with E-state index in [1.807, 2.05) is 44.2 Å². The van der Waals surface area contributed by atoms with Crippen molar-refractivity contribution in [3.63, 3.8) is 0 Å². The summed E-state index contributed by atoms with van der Waals surface area (Å²) in [7, 11) is 0. The third kappa shape index (κ3) is 2.99. The number of carbonyl (C=O) groups excluding carboxylic acids is 1. The van der Waals surface area contributed by atoms with E-state index in [1.165, 1.54) is 0 Å². The zero-order chi connectivity index (χ0) is 20.8. The third-order valence-corrected chi connectivity index (χ3v) is 5.60. The van der Waals surface area contributed by atoms with Crippen molar-refractivity contribution in [3.8, 4) is 11.5 Å². The van der Waals surface area contributed by atoms with Gasteiger partial charge in [0.15, 0.2) is 0 Å². The zero-order valence-corrected chi connectivity index (χ0v) is 17.1. The molecular formula is C22H24N6O2. The van der Waals surface area contributed by atoms with Gasteiger partial charge in [0, 0.05) is 24.4 Å². The van der Waals surface area contributed by atoms with E-state index >= 15 is 0 Å². The van der Waals surface area contributed by atoms with Crippen LogP contribution in [0.15, 0.2) is 34.9 Å². The van der Waals surface area contributed by atoms with E-state index in [2.05, 4.69) is 19.4 Å². The molecule has 8 nitrogen and oxygen atoms in total. The van der Waals surface area contributed by atoms with E-state index in [0.717, 1.165) is 53.9 Å². The number of fused-ring (bicyclic) bond motifs is 3. The monoisotopic (exact) mass is 404 g/mol. The fourth-order valence-corrected chi connectivity index (χ4v) is 4.17. The number of anilines is 1. The highest BCUT2D eigenvalue weighted by Crippen LogP contribution is 2.34. The Balaban J connectivity index is 1.83. The molecule has 154 valence electrons. The molecule has 0 unspecified atom stereocenters. The zero-order valence-electron chi connectivity index (χ0n) is 17.1. The summed E-state index contributed by atoms with van der Waals surface area (Å²) in [6.45, 7) is 5.94. The molecule has 1 fully saturated rings. The van der Waals surface area contributed by atoms with Crippen LogP contribution >= 0.6 is 0 Å². The number of benzene rings is 1. The second-order valence-electron chi connectivity index (χ2n) is 8.12. The van der Waals surface area contributed by atoms with Crippen LogP contribution < -0.4 is 10.6 Å². The average molecular weight is 404 g/mol. The molecule has 2 N–H and O–H groups in total. The van der Waals surface area contributed by atoms with E-state index in [1.54, 1.807) is 0 Å². The Labute approximate surface area is 173 Å². The van der Waals surface area contributed by atoms with E-state index in [4.69, 9.17) is 15.2 Å². The lowest BCUT2D eigenvalue weighted by atomic mass is 10.0. The summed E-state index contributed by atoms with van der Waals surface area (Å²) in [5.74, 6) is 1.67. The van der Waals surface area contributed by atoms with Crippen LogP contribution in [0.25, 0.3) is 27.9 Å². The molecule has 1 amide bonds. The van der Waals surface area contributed by atoms with Crippen molar-refractivity contribution in [1.29, 1.82) is 0 Å². The van der Waals surface area contributed by atoms with Gasteiger partial charge in [-0.15, -0.1) is 0 Å². The molecule has 1 saturated heterocycles. The van der Waals surface area contributed by atoms with Gasteiger partial charge in [-0.05, 0) is 30.5 Å². The SMILES string of the molecule is CC(C)c1nc(-c2nc(N3CCCC3)n3c2cc(CC(N)=O)c2ccccc23)no1. The molecule has 4 heterocycles. The molecule has 0 aliphatic carbocycles. The minimum Gasteiger partial charge on any atom is -0.369 e. The van der Waals surface area contributed by atoms with Crippen molar-refractivity contribution in [2.24, 2.45) is 5.73 Å². The number of rotatable bonds is 5. The normalized spacial score (nSPS) is 14.4. The van der Waals surface area contributed by atoms with Crippen LogP contribution in [-0.4, -0.2) is 38.5 Å². The smallest absolute Gasteiger partial charge is 0.229 e. The van der Waals surface area contributed by atoms with Crippen LogP contribution in [0.4, 0.5) is 5.95 Å². The number of hydrogen-bond acceptors (Lipinski definition) is 6. The second kappa shape index (κ2) is 7.12. The lowest BCUT2D eigenvalue weighted by molar-refractivity contribution is -0.117. The fraction of sp³-hybridized carbons (Fsp3) is 0.364. The number of para-hydroxylation sites is 1. The standard InChI is InChI=1S/C22H24N6O2/c1-13(2)21-25-20(26-30-21)19-17-11-14(12-18(23)29)15-7-3-4-8-16(15)28(17)22(24-19)27-9-5-6-10-27/h3-4,7-8,11,13H,5-6,9-10,12H2,1-2H3,(H2,23,29). The first-order valence-corrected chi connectivity index (χ1v) is 10.3. The first kappa shape index (κ1) is 18.6. The molecule has 1 aliphatic rings. The minimum atomic E-state index is -0.369. The quantitative estimate of drug-likeness (QED) is 0.548. The molecule has 5 rings (SSSR count). The topological polar surface area (TPSA) is 103 Å². The number of aromatic nitrogens is 4. The van der Waals surface area contributed by atoms with Gasteiger partial charge < -0.3 is 15.2 Å². The number of nitrogens with zero attached hydrogens (tertiary/aromatic N) is 5. The van der Waals surface area contributed by atoms with Gasteiger partial charge in [-0.2, -0.15) is 4.98 Å². The van der Waals surface area contributed by atoms with Crippen LogP contribution in [-0.2, 0) is 11.2 Å². The Morgan fingerprint density at radius 3 is 2.63 bits per heavy atom. The van der Waals surface area contributed by atoms with Gasteiger partial charge in [0.1, 0.15) is 5.69 Å². The Morgan fingerprint density at radius 1 is 1.17 bits per heavy atom. The minimum absolute atomic E-state index is 0.129. The number of primary amides is 1. The number of amides is 1.